The maximum Gasteiger partial charge on any atom is 0.337 e. The molecule has 0 aliphatic carbocycles. The topological polar surface area (TPSA) is 103 Å². The van der Waals surface area contributed by atoms with Crippen molar-refractivity contribution in [3.05, 3.63) is 77.9 Å². The second-order valence-corrected chi connectivity index (χ2v) is 7.63. The number of hydrogen-bond donors (Lipinski definition) is 1. The summed E-state index contributed by atoms with van der Waals surface area (Å²) in [7, 11) is 2.84. The lowest BCUT2D eigenvalue weighted by Gasteiger charge is -2.30. The fourth-order valence-electron chi connectivity index (χ4n) is 3.63. The zero-order valence-electron chi connectivity index (χ0n) is 19.3. The number of fused-ring (bicyclic) bond motifs is 1. The van der Waals surface area contributed by atoms with Crippen molar-refractivity contribution in [3.8, 4) is 17.2 Å². The van der Waals surface area contributed by atoms with Crippen LogP contribution in [0.15, 0.2) is 66.7 Å². The molecule has 0 radical (unpaired) electrons. The molecule has 0 saturated heterocycles. The first-order valence-electron chi connectivity index (χ1n) is 10.8. The standard InChI is InChI=1S/C26H24N2O7/c1-32-22-8-3-4-9-23(22)34-15-24(29)27-19-10-11-21-20(13-19)28(25(30)16-35-21)14-17-6-5-7-18(12-17)26(31)33-2/h3-13H,14-16H2,1-2H3,(H,27,29). The number of carbonyl (C=O) groups is 3. The molecule has 1 heterocycles. The molecule has 3 aromatic carbocycles. The maximum absolute atomic E-state index is 12.7. The van der Waals surface area contributed by atoms with Crippen molar-refractivity contribution in [2.24, 2.45) is 0 Å². The van der Waals surface area contributed by atoms with E-state index in [4.69, 9.17) is 18.9 Å². The summed E-state index contributed by atoms with van der Waals surface area (Å²) in [5.41, 5.74) is 2.12. The highest BCUT2D eigenvalue weighted by atomic mass is 16.5. The number of nitrogens with zero attached hydrogens (tertiary/aromatic N) is 1. The van der Waals surface area contributed by atoms with Gasteiger partial charge in [0, 0.05) is 5.69 Å². The monoisotopic (exact) mass is 476 g/mol. The third-order valence-electron chi connectivity index (χ3n) is 5.30. The van der Waals surface area contributed by atoms with Crippen molar-refractivity contribution in [2.75, 3.05) is 37.7 Å². The number of amides is 2. The minimum Gasteiger partial charge on any atom is -0.493 e. The van der Waals surface area contributed by atoms with Gasteiger partial charge in [0.05, 0.1) is 32.0 Å². The summed E-state index contributed by atoms with van der Waals surface area (Å²) in [4.78, 5) is 38.6. The second kappa shape index (κ2) is 10.6. The molecule has 0 saturated carbocycles. The van der Waals surface area contributed by atoms with E-state index in [1.165, 1.54) is 14.2 Å². The Morgan fingerprint density at radius 1 is 1.00 bits per heavy atom. The third-order valence-corrected chi connectivity index (χ3v) is 5.30. The highest BCUT2D eigenvalue weighted by Crippen LogP contribution is 2.35. The number of benzene rings is 3. The van der Waals surface area contributed by atoms with Gasteiger partial charge in [0.2, 0.25) is 0 Å². The SMILES string of the molecule is COC(=O)c1cccc(CN2C(=O)COc3ccc(NC(=O)COc4ccccc4OC)cc32)c1. The summed E-state index contributed by atoms with van der Waals surface area (Å²) in [6.45, 7) is -0.118. The number of carbonyl (C=O) groups excluding carboxylic acids is 3. The first kappa shape index (κ1) is 23.6. The summed E-state index contributed by atoms with van der Waals surface area (Å²) in [6.07, 6.45) is 0. The van der Waals surface area contributed by atoms with E-state index < -0.39 is 5.97 Å². The third kappa shape index (κ3) is 5.52. The number of anilines is 2. The number of para-hydroxylation sites is 2. The first-order chi connectivity index (χ1) is 17.0. The number of hydrogen-bond acceptors (Lipinski definition) is 7. The van der Waals surface area contributed by atoms with E-state index in [-0.39, 0.29) is 31.6 Å². The van der Waals surface area contributed by atoms with Crippen LogP contribution in [0.1, 0.15) is 15.9 Å². The fraction of sp³-hybridized carbons (Fsp3) is 0.192. The van der Waals surface area contributed by atoms with Crippen LogP contribution in [0.3, 0.4) is 0 Å². The van der Waals surface area contributed by atoms with Gasteiger partial charge in [-0.1, -0.05) is 24.3 Å². The van der Waals surface area contributed by atoms with Gasteiger partial charge in [-0.05, 0) is 48.0 Å². The van der Waals surface area contributed by atoms with Crippen molar-refractivity contribution in [2.45, 2.75) is 6.54 Å². The van der Waals surface area contributed by atoms with Crippen LogP contribution in [-0.4, -0.2) is 45.2 Å². The average Bonchev–Trinajstić information content (AvgIpc) is 2.89. The molecule has 4 rings (SSSR count). The largest absolute Gasteiger partial charge is 0.493 e. The van der Waals surface area contributed by atoms with Crippen molar-refractivity contribution in [1.29, 1.82) is 0 Å². The van der Waals surface area contributed by atoms with E-state index in [2.05, 4.69) is 5.32 Å². The zero-order valence-corrected chi connectivity index (χ0v) is 19.3. The van der Waals surface area contributed by atoms with Crippen molar-refractivity contribution in [3.63, 3.8) is 0 Å². The Morgan fingerprint density at radius 3 is 2.57 bits per heavy atom. The second-order valence-electron chi connectivity index (χ2n) is 7.63. The lowest BCUT2D eigenvalue weighted by Crippen LogP contribution is -2.38. The number of rotatable bonds is 8. The number of methoxy groups -OCH3 is 2. The summed E-state index contributed by atoms with van der Waals surface area (Å²) in [5.74, 6) is 0.407. The highest BCUT2D eigenvalue weighted by Gasteiger charge is 2.26. The lowest BCUT2D eigenvalue weighted by molar-refractivity contribution is -0.121. The van der Waals surface area contributed by atoms with Crippen LogP contribution in [0.5, 0.6) is 17.2 Å². The van der Waals surface area contributed by atoms with Crippen LogP contribution in [0.25, 0.3) is 0 Å². The van der Waals surface area contributed by atoms with Gasteiger partial charge in [0.15, 0.2) is 24.7 Å². The molecule has 180 valence electrons. The number of esters is 1. The minimum absolute atomic E-state index is 0.109. The molecular weight excluding hydrogens is 452 g/mol. The smallest absolute Gasteiger partial charge is 0.337 e. The molecule has 1 aliphatic rings. The summed E-state index contributed by atoms with van der Waals surface area (Å²) in [5, 5.41) is 2.77. The van der Waals surface area contributed by atoms with Crippen LogP contribution >= 0.6 is 0 Å². The number of ether oxygens (including phenoxy) is 4. The van der Waals surface area contributed by atoms with Crippen molar-refractivity contribution in [1.82, 2.24) is 0 Å². The number of nitrogens with one attached hydrogen (secondary N) is 1. The first-order valence-corrected chi connectivity index (χ1v) is 10.8. The fourth-order valence-corrected chi connectivity index (χ4v) is 3.63. The van der Waals surface area contributed by atoms with Gasteiger partial charge in [0.1, 0.15) is 5.75 Å². The lowest BCUT2D eigenvalue weighted by atomic mass is 10.1. The van der Waals surface area contributed by atoms with E-state index in [1.54, 1.807) is 65.6 Å². The molecule has 0 bridgehead atoms. The molecule has 9 heteroatoms. The Hall–Kier alpha value is -4.53. The normalized spacial score (nSPS) is 12.3. The van der Waals surface area contributed by atoms with Gasteiger partial charge in [-0.2, -0.15) is 0 Å². The van der Waals surface area contributed by atoms with Crippen LogP contribution in [0.2, 0.25) is 0 Å². The average molecular weight is 476 g/mol. The molecule has 3 aromatic rings. The summed E-state index contributed by atoms with van der Waals surface area (Å²) < 4.78 is 21.1. The summed E-state index contributed by atoms with van der Waals surface area (Å²) in [6, 6.07) is 18.9. The van der Waals surface area contributed by atoms with Gasteiger partial charge in [0.25, 0.3) is 11.8 Å². The van der Waals surface area contributed by atoms with E-state index >= 15 is 0 Å². The highest BCUT2D eigenvalue weighted by molar-refractivity contribution is 5.99. The molecule has 0 aromatic heterocycles. The molecule has 1 aliphatic heterocycles. The van der Waals surface area contributed by atoms with Crippen molar-refractivity contribution >= 4 is 29.2 Å². The summed E-state index contributed by atoms with van der Waals surface area (Å²) >= 11 is 0. The Bertz CT molecular complexity index is 1260. The molecule has 9 nitrogen and oxygen atoms in total. The van der Waals surface area contributed by atoms with Gasteiger partial charge in [-0.3, -0.25) is 9.59 Å². The Kier molecular flexibility index (Phi) is 7.15. The zero-order chi connectivity index (χ0) is 24.8. The van der Waals surface area contributed by atoms with Crippen molar-refractivity contribution < 1.29 is 33.3 Å². The molecule has 2 amide bonds. The Labute approximate surface area is 202 Å². The molecule has 1 N–H and O–H groups in total. The molecule has 0 unspecified atom stereocenters. The van der Waals surface area contributed by atoms with E-state index in [9.17, 15) is 14.4 Å². The quantitative estimate of drug-likeness (QED) is 0.497. The van der Waals surface area contributed by atoms with E-state index in [0.717, 1.165) is 5.56 Å². The Morgan fingerprint density at radius 2 is 1.80 bits per heavy atom. The molecule has 35 heavy (non-hydrogen) atoms. The predicted octanol–water partition coefficient (Wildman–Crippen LogP) is 3.42. The van der Waals surface area contributed by atoms with Gasteiger partial charge in [-0.15, -0.1) is 0 Å². The predicted molar refractivity (Wildman–Crippen MR) is 128 cm³/mol. The molecule has 0 fully saturated rings. The van der Waals surface area contributed by atoms with E-state index in [1.807, 2.05) is 6.07 Å². The van der Waals surface area contributed by atoms with Crippen LogP contribution in [0.4, 0.5) is 11.4 Å². The van der Waals surface area contributed by atoms with Gasteiger partial charge in [-0.25, -0.2) is 4.79 Å². The van der Waals surface area contributed by atoms with Gasteiger partial charge < -0.3 is 29.2 Å². The van der Waals surface area contributed by atoms with E-state index in [0.29, 0.717) is 34.2 Å². The van der Waals surface area contributed by atoms with Gasteiger partial charge >= 0.3 is 5.97 Å². The molecular formula is C26H24N2O7. The molecule has 0 spiro atoms. The maximum atomic E-state index is 12.7. The van der Waals surface area contributed by atoms with Crippen LogP contribution in [0, 0.1) is 0 Å². The Balaban J connectivity index is 1.49. The van der Waals surface area contributed by atoms with Crippen LogP contribution < -0.4 is 24.4 Å². The molecule has 0 atom stereocenters. The van der Waals surface area contributed by atoms with Crippen LogP contribution in [-0.2, 0) is 20.9 Å². The minimum atomic E-state index is -0.458.